The van der Waals surface area contributed by atoms with Gasteiger partial charge in [0.2, 0.25) is 0 Å². The maximum atomic E-state index is 14.9. The van der Waals surface area contributed by atoms with Gasteiger partial charge in [0.25, 0.3) is 0 Å². The van der Waals surface area contributed by atoms with E-state index < -0.39 is 80.9 Å². The van der Waals surface area contributed by atoms with Crippen LogP contribution in [0.2, 0.25) is 0 Å². The highest BCUT2D eigenvalue weighted by molar-refractivity contribution is 6.32. The normalized spacial score (nSPS) is 45.1. The summed E-state index contributed by atoms with van der Waals surface area (Å²) >= 11 is 0. The number of rotatable bonds is 6. The molecule has 6 fully saturated rings. The monoisotopic (exact) mass is 644 g/mol. The Balaban J connectivity index is 1.42. The second-order valence-electron chi connectivity index (χ2n) is 17.4. The number of carbonyl (C=O) groups is 6. The fraction of sp³-hybridized carbons (Fsp3) is 0.692. The van der Waals surface area contributed by atoms with Gasteiger partial charge in [0.15, 0.2) is 28.7 Å². The van der Waals surface area contributed by atoms with Crippen LogP contribution in [0.1, 0.15) is 115 Å². The summed E-state index contributed by atoms with van der Waals surface area (Å²) in [7, 11) is 0. The molecule has 8 heteroatoms. The van der Waals surface area contributed by atoms with Gasteiger partial charge in [-0.25, -0.2) is 0 Å². The molecule has 0 aromatic heterocycles. The molecule has 8 rings (SSSR count). The SMILES string of the molecule is CC(=O)C1C(=O)C(C(C)C)[C@@]2(C)[C@H](CC(=O)CC34CC5CC(CC(C5)C3)C4)[C@]3(C)C(C(=O)c4c(O)cccc4[C@H]3C)C(=O)[C@@]2(O)C1=O. The van der Waals surface area contributed by atoms with Gasteiger partial charge in [0.1, 0.15) is 23.2 Å². The minimum absolute atomic E-state index is 0.0236. The Morgan fingerprint density at radius 2 is 1.51 bits per heavy atom. The molecule has 8 atom stereocenters. The number of phenols is 1. The number of ketones is 6. The summed E-state index contributed by atoms with van der Waals surface area (Å²) in [4.78, 5) is 85.5. The number of carbonyl (C=O) groups excluding carboxylic acids is 6. The van der Waals surface area contributed by atoms with Gasteiger partial charge in [-0.15, -0.1) is 0 Å². The summed E-state index contributed by atoms with van der Waals surface area (Å²) in [6.45, 7) is 9.90. The summed E-state index contributed by atoms with van der Waals surface area (Å²) in [6.07, 6.45) is 6.99. The lowest BCUT2D eigenvalue weighted by Crippen LogP contribution is -2.80. The van der Waals surface area contributed by atoms with Crippen molar-refractivity contribution in [1.82, 2.24) is 0 Å². The molecule has 7 aliphatic rings. The number of Topliss-reactive ketones (excluding diaryl/α,β-unsaturated/α-hetero) is 6. The molecule has 252 valence electrons. The van der Waals surface area contributed by atoms with Gasteiger partial charge < -0.3 is 10.2 Å². The molecule has 3 unspecified atom stereocenters. The molecule has 0 spiro atoms. The lowest BCUT2D eigenvalue weighted by Gasteiger charge is -2.67. The number of fused-ring (bicyclic) bond motifs is 3. The number of phenolic OH excluding ortho intramolecular Hbond substituents is 1. The molecule has 1 aromatic rings. The van der Waals surface area contributed by atoms with Crippen LogP contribution in [0.15, 0.2) is 18.2 Å². The van der Waals surface area contributed by atoms with Crippen molar-refractivity contribution in [3.63, 3.8) is 0 Å². The van der Waals surface area contributed by atoms with Crippen LogP contribution in [-0.2, 0) is 24.0 Å². The fourth-order valence-corrected chi connectivity index (χ4v) is 13.2. The van der Waals surface area contributed by atoms with Gasteiger partial charge >= 0.3 is 0 Å². The van der Waals surface area contributed by atoms with Crippen LogP contribution in [0.4, 0.5) is 0 Å². The number of aliphatic hydroxyl groups is 1. The minimum atomic E-state index is -2.86. The molecule has 7 aliphatic carbocycles. The van der Waals surface area contributed by atoms with Crippen LogP contribution in [0.5, 0.6) is 5.75 Å². The Morgan fingerprint density at radius 1 is 0.936 bits per heavy atom. The predicted molar refractivity (Wildman–Crippen MR) is 171 cm³/mol. The third kappa shape index (κ3) is 4.03. The average molecular weight is 645 g/mol. The molecule has 0 saturated heterocycles. The van der Waals surface area contributed by atoms with Gasteiger partial charge in [-0.2, -0.15) is 0 Å². The number of hydrogen-bond acceptors (Lipinski definition) is 8. The van der Waals surface area contributed by atoms with E-state index in [9.17, 15) is 39.0 Å². The zero-order valence-corrected chi connectivity index (χ0v) is 28.4. The van der Waals surface area contributed by atoms with Gasteiger partial charge in [-0.3, -0.25) is 28.8 Å². The first-order chi connectivity index (χ1) is 21.9. The van der Waals surface area contributed by atoms with E-state index in [1.165, 1.54) is 25.3 Å². The lowest BCUT2D eigenvalue weighted by atomic mass is 9.34. The zero-order valence-electron chi connectivity index (χ0n) is 28.4. The number of benzene rings is 1. The number of aromatic hydroxyl groups is 1. The van der Waals surface area contributed by atoms with Crippen molar-refractivity contribution in [3.05, 3.63) is 29.3 Å². The average Bonchev–Trinajstić information content (AvgIpc) is 2.95. The summed E-state index contributed by atoms with van der Waals surface area (Å²) in [5.74, 6) is -9.25. The summed E-state index contributed by atoms with van der Waals surface area (Å²) in [5, 5.41) is 23.6. The van der Waals surface area contributed by atoms with E-state index in [4.69, 9.17) is 0 Å². The van der Waals surface area contributed by atoms with E-state index in [-0.39, 0.29) is 28.9 Å². The molecule has 8 nitrogen and oxygen atoms in total. The summed E-state index contributed by atoms with van der Waals surface area (Å²) < 4.78 is 0. The standard InChI is InChI=1S/C39H48O8/c1-18(2)30-32(43)28(20(4)40)34(45)39(47)35(46)31-33(44)29-25(8-7-9-26(29)42)19(3)36(31,5)27(37(30,39)6)13-24(41)17-38-14-21-10-22(15-38)12-23(11-21)16-38/h7-9,18-19,21-23,27-28,30-31,42,47H,10-17H2,1-6H3/t19-,21?,22?,23?,27-,28?,30?,31?,36-,37-,38?,39+/m1/s1. The zero-order chi connectivity index (χ0) is 34.2. The van der Waals surface area contributed by atoms with Crippen molar-refractivity contribution in [2.45, 2.75) is 104 Å². The van der Waals surface area contributed by atoms with E-state index in [0.29, 0.717) is 29.7 Å². The maximum Gasteiger partial charge on any atom is 0.190 e. The van der Waals surface area contributed by atoms with Crippen LogP contribution in [0, 0.1) is 63.6 Å². The summed E-state index contributed by atoms with van der Waals surface area (Å²) in [5.41, 5.74) is -5.50. The van der Waals surface area contributed by atoms with E-state index in [2.05, 4.69) is 0 Å². The highest BCUT2D eigenvalue weighted by atomic mass is 16.3. The van der Waals surface area contributed by atoms with Gasteiger partial charge in [-0.1, -0.05) is 46.8 Å². The van der Waals surface area contributed by atoms with Crippen molar-refractivity contribution in [1.29, 1.82) is 0 Å². The van der Waals surface area contributed by atoms with Gasteiger partial charge in [0.05, 0.1) is 11.5 Å². The first-order valence-electron chi connectivity index (χ1n) is 17.6. The maximum absolute atomic E-state index is 14.9. The van der Waals surface area contributed by atoms with Crippen LogP contribution in [-0.4, -0.2) is 50.5 Å². The Morgan fingerprint density at radius 3 is 2.04 bits per heavy atom. The van der Waals surface area contributed by atoms with Crippen molar-refractivity contribution < 1.29 is 39.0 Å². The minimum Gasteiger partial charge on any atom is -0.507 e. The molecule has 0 amide bonds. The Labute approximate surface area is 276 Å². The first-order valence-corrected chi connectivity index (χ1v) is 17.6. The smallest absolute Gasteiger partial charge is 0.190 e. The van der Waals surface area contributed by atoms with Crippen LogP contribution < -0.4 is 0 Å². The summed E-state index contributed by atoms with van der Waals surface area (Å²) in [6, 6.07) is 4.75. The Bertz CT molecular complexity index is 1600. The number of hydrogen-bond donors (Lipinski definition) is 2. The van der Waals surface area contributed by atoms with Crippen molar-refractivity contribution >= 4 is 34.7 Å². The fourth-order valence-electron chi connectivity index (χ4n) is 13.2. The van der Waals surface area contributed by atoms with E-state index >= 15 is 0 Å². The quantitative estimate of drug-likeness (QED) is 0.390. The first kappa shape index (κ1) is 32.5. The molecule has 1 aromatic carbocycles. The highest BCUT2D eigenvalue weighted by Crippen LogP contribution is 2.70. The Hall–Kier alpha value is -3.00. The third-order valence-corrected chi connectivity index (χ3v) is 14.6. The molecule has 0 aliphatic heterocycles. The van der Waals surface area contributed by atoms with Crippen LogP contribution in [0.25, 0.3) is 0 Å². The molecule has 0 radical (unpaired) electrons. The third-order valence-electron chi connectivity index (χ3n) is 14.6. The van der Waals surface area contributed by atoms with E-state index in [1.807, 2.05) is 6.92 Å². The van der Waals surface area contributed by atoms with E-state index in [1.54, 1.807) is 39.8 Å². The van der Waals surface area contributed by atoms with Gasteiger partial charge in [0, 0.05) is 24.2 Å². The largest absolute Gasteiger partial charge is 0.507 e. The predicted octanol–water partition coefficient (Wildman–Crippen LogP) is 5.45. The second kappa shape index (κ2) is 10.3. The van der Waals surface area contributed by atoms with Crippen molar-refractivity contribution in [3.8, 4) is 5.75 Å². The van der Waals surface area contributed by atoms with Crippen LogP contribution >= 0.6 is 0 Å². The molecule has 0 heterocycles. The van der Waals surface area contributed by atoms with Crippen LogP contribution in [0.3, 0.4) is 0 Å². The lowest BCUT2D eigenvalue weighted by molar-refractivity contribution is -0.226. The molecule has 6 saturated carbocycles. The van der Waals surface area contributed by atoms with Crippen molar-refractivity contribution in [2.75, 3.05) is 0 Å². The molecule has 2 N–H and O–H groups in total. The van der Waals surface area contributed by atoms with Crippen molar-refractivity contribution in [2.24, 2.45) is 63.6 Å². The second-order valence-corrected chi connectivity index (χ2v) is 17.4. The van der Waals surface area contributed by atoms with Gasteiger partial charge in [-0.05, 0) is 103 Å². The van der Waals surface area contributed by atoms with E-state index in [0.717, 1.165) is 26.2 Å². The molecular formula is C39H48O8. The highest BCUT2D eigenvalue weighted by Gasteiger charge is 2.80. The topological polar surface area (TPSA) is 143 Å². The Kier molecular flexibility index (Phi) is 7.10. The molecular weight excluding hydrogens is 596 g/mol. The molecule has 4 bridgehead atoms. The molecule has 47 heavy (non-hydrogen) atoms.